The van der Waals surface area contributed by atoms with Crippen LogP contribution in [-0.2, 0) is 28.7 Å². The lowest BCUT2D eigenvalue weighted by molar-refractivity contribution is 0.0942. The third-order valence-electron chi connectivity index (χ3n) is 12.0. The molecule has 6 aromatic rings. The van der Waals surface area contributed by atoms with Crippen LogP contribution in [0.2, 0.25) is 5.04 Å². The van der Waals surface area contributed by atoms with Crippen LogP contribution in [0.1, 0.15) is 78.1 Å². The number of ether oxygens (including phenoxy) is 1. The Hall–Kier alpha value is -4.70. The predicted molar refractivity (Wildman–Crippen MR) is 254 cm³/mol. The number of hydrogen-bond donors (Lipinski definition) is 0. The second-order valence-electron chi connectivity index (χ2n) is 18.3. The van der Waals surface area contributed by atoms with E-state index in [0.29, 0.717) is 32.8 Å². The van der Waals surface area contributed by atoms with Gasteiger partial charge in [-0.15, -0.1) is 0 Å². The van der Waals surface area contributed by atoms with E-state index in [-0.39, 0.29) is 29.1 Å². The van der Waals surface area contributed by atoms with Crippen molar-refractivity contribution in [3.8, 4) is 11.3 Å². The van der Waals surface area contributed by atoms with E-state index in [1.165, 1.54) is 38.1 Å². The molecule has 0 aliphatic carbocycles. The van der Waals surface area contributed by atoms with E-state index in [0.717, 1.165) is 34.4 Å². The third kappa shape index (κ3) is 9.00. The summed E-state index contributed by atoms with van der Waals surface area (Å²) < 4.78 is 16.8. The Morgan fingerprint density at radius 3 is 1.98 bits per heavy atom. The number of carbonyl (C=O) groups is 1. The van der Waals surface area contributed by atoms with Gasteiger partial charge in [-0.25, -0.2) is 4.79 Å². The van der Waals surface area contributed by atoms with Gasteiger partial charge in [-0.05, 0) is 75.5 Å². The molecule has 2 aromatic heterocycles. The van der Waals surface area contributed by atoms with Crippen molar-refractivity contribution in [1.82, 2.24) is 14.5 Å². The number of pyridine rings is 1. The summed E-state index contributed by atoms with van der Waals surface area (Å²) >= 11 is 3.84. The molecule has 9 heteroatoms. The summed E-state index contributed by atoms with van der Waals surface area (Å²) in [5, 5.41) is 3.72. The van der Waals surface area contributed by atoms with E-state index >= 15 is 0 Å². The first-order valence-corrected chi connectivity index (χ1v) is 24.2. The molecule has 1 aliphatic heterocycles. The first-order chi connectivity index (χ1) is 28.7. The molecule has 7 nitrogen and oxygen atoms in total. The molecule has 0 spiro atoms. The third-order valence-corrected chi connectivity index (χ3v) is 17.5. The fourth-order valence-corrected chi connectivity index (χ4v) is 14.2. The largest absolute Gasteiger partial charge is 0.445 e. The molecule has 7 rings (SSSR count). The van der Waals surface area contributed by atoms with Gasteiger partial charge in [-0.3, -0.25) is 4.98 Å². The molecule has 0 saturated carbocycles. The molecule has 60 heavy (non-hydrogen) atoms. The Kier molecular flexibility index (Phi) is 13.1. The van der Waals surface area contributed by atoms with E-state index in [4.69, 9.17) is 14.1 Å². The maximum atomic E-state index is 13.1. The number of aromatic nitrogens is 2. The van der Waals surface area contributed by atoms with Crippen molar-refractivity contribution < 1.29 is 14.0 Å². The van der Waals surface area contributed by atoms with Crippen LogP contribution in [0.3, 0.4) is 0 Å². The van der Waals surface area contributed by atoms with Crippen LogP contribution in [0.15, 0.2) is 126 Å². The van der Waals surface area contributed by atoms with Crippen molar-refractivity contribution in [3.05, 3.63) is 143 Å². The first kappa shape index (κ1) is 43.4. The molecule has 1 fully saturated rings. The van der Waals surface area contributed by atoms with Gasteiger partial charge in [0.1, 0.15) is 6.61 Å². The zero-order valence-electron chi connectivity index (χ0n) is 36.7. The monoisotopic (exact) mass is 884 g/mol. The zero-order chi connectivity index (χ0) is 42.7. The van der Waals surface area contributed by atoms with Gasteiger partial charge in [-0.1, -0.05) is 155 Å². The second-order valence-corrected chi connectivity index (χ2v) is 23.5. The molecule has 1 aliphatic rings. The quantitative estimate of drug-likeness (QED) is 0.108. The van der Waals surface area contributed by atoms with Crippen LogP contribution in [0, 0.1) is 5.41 Å². The van der Waals surface area contributed by atoms with Crippen molar-refractivity contribution in [2.24, 2.45) is 5.41 Å². The van der Waals surface area contributed by atoms with Crippen molar-refractivity contribution in [2.45, 2.75) is 85.9 Å². The van der Waals surface area contributed by atoms with Crippen molar-refractivity contribution in [3.63, 3.8) is 0 Å². The van der Waals surface area contributed by atoms with Crippen LogP contribution < -0.4 is 15.3 Å². The van der Waals surface area contributed by atoms with Gasteiger partial charge in [0.05, 0.1) is 23.3 Å². The number of rotatable bonds is 13. The molecule has 314 valence electrons. The molecule has 0 radical (unpaired) electrons. The number of fused-ring (bicyclic) bond motifs is 1. The highest BCUT2D eigenvalue weighted by molar-refractivity contribution is 9.10. The van der Waals surface area contributed by atoms with Crippen LogP contribution >= 0.6 is 15.9 Å². The van der Waals surface area contributed by atoms with Gasteiger partial charge in [0.15, 0.2) is 0 Å². The Labute approximate surface area is 367 Å². The van der Waals surface area contributed by atoms with Gasteiger partial charge in [0.25, 0.3) is 8.32 Å². The molecule has 1 amide bonds. The van der Waals surface area contributed by atoms with E-state index in [2.05, 4.69) is 166 Å². The molecule has 4 aromatic carbocycles. The predicted octanol–water partition coefficient (Wildman–Crippen LogP) is 11.2. The Bertz CT molecular complexity index is 2350. The van der Waals surface area contributed by atoms with Gasteiger partial charge >= 0.3 is 6.09 Å². The summed E-state index contributed by atoms with van der Waals surface area (Å²) in [5.74, 6) is 0.208. The molecule has 0 atom stereocenters. The van der Waals surface area contributed by atoms with Crippen LogP contribution in [-0.4, -0.2) is 61.6 Å². The molecule has 0 unspecified atom stereocenters. The molecule has 0 N–H and O–H groups in total. The number of amides is 1. The SMILES string of the molecule is CCn1c(-c2cc(N3CCN(C(=O)OCc4ccccc4)CC3)cnc2C(C)C)c(CC(C)(C)CO[Si](c2ccccc2)(c2ccccc2)C(C)(C)C)c2cc(Br)ccc21. The minimum Gasteiger partial charge on any atom is -0.445 e. The summed E-state index contributed by atoms with van der Waals surface area (Å²) in [6.07, 6.45) is 2.57. The highest BCUT2D eigenvalue weighted by Gasteiger charge is 2.51. The van der Waals surface area contributed by atoms with Crippen molar-refractivity contribution >= 4 is 57.3 Å². The number of benzene rings is 4. The average molecular weight is 886 g/mol. The van der Waals surface area contributed by atoms with Crippen LogP contribution in [0.25, 0.3) is 22.2 Å². The summed E-state index contributed by atoms with van der Waals surface area (Å²) in [6, 6.07) is 40.8. The highest BCUT2D eigenvalue weighted by Crippen LogP contribution is 2.44. The normalized spacial score (nSPS) is 14.0. The smallest absolute Gasteiger partial charge is 0.410 e. The summed E-state index contributed by atoms with van der Waals surface area (Å²) in [5.41, 5.74) is 7.84. The lowest BCUT2D eigenvalue weighted by atomic mass is 9.84. The number of aryl methyl sites for hydroxylation is 1. The minimum atomic E-state index is -2.76. The van der Waals surface area contributed by atoms with Gasteiger partial charge < -0.3 is 23.5 Å². The van der Waals surface area contributed by atoms with Crippen LogP contribution in [0.5, 0.6) is 0 Å². The topological polar surface area (TPSA) is 59.8 Å². The number of anilines is 1. The lowest BCUT2D eigenvalue weighted by Gasteiger charge is -2.44. The molecular formula is C51H61BrN4O3Si. The number of halogens is 1. The Morgan fingerprint density at radius 2 is 1.42 bits per heavy atom. The Balaban J connectivity index is 1.23. The zero-order valence-corrected chi connectivity index (χ0v) is 39.3. The highest BCUT2D eigenvalue weighted by atomic mass is 79.9. The van der Waals surface area contributed by atoms with Crippen molar-refractivity contribution in [1.29, 1.82) is 0 Å². The minimum absolute atomic E-state index is 0.119. The number of piperazine rings is 1. The van der Waals surface area contributed by atoms with E-state index in [1.54, 1.807) is 0 Å². The van der Waals surface area contributed by atoms with Gasteiger partial charge in [-0.2, -0.15) is 0 Å². The second kappa shape index (κ2) is 18.1. The van der Waals surface area contributed by atoms with E-state index in [9.17, 15) is 4.79 Å². The number of carbonyl (C=O) groups excluding carboxylic acids is 1. The molecule has 3 heterocycles. The molecular weight excluding hydrogens is 825 g/mol. The molecule has 0 bridgehead atoms. The summed E-state index contributed by atoms with van der Waals surface area (Å²) in [6.45, 7) is 22.8. The molecule has 1 saturated heterocycles. The first-order valence-electron chi connectivity index (χ1n) is 21.5. The van der Waals surface area contributed by atoms with Crippen LogP contribution in [0.4, 0.5) is 10.5 Å². The standard InChI is InChI=1S/C51H61BrN4O3Si/c1-9-56-46-26-25-39(52)31-43(46)45(33-51(7,8)36-59-60(50(4,5)6,41-21-15-11-16-22-41)42-23-17-12-18-24-42)48(56)44-32-40(34-53-47(44)37(2)3)54-27-29-55(30-28-54)49(57)58-35-38-19-13-10-14-20-38/h10-26,31-32,34,37H,9,27-30,33,35-36H2,1-8H3. The van der Waals surface area contributed by atoms with E-state index < -0.39 is 8.32 Å². The van der Waals surface area contributed by atoms with Gasteiger partial charge in [0, 0.05) is 60.3 Å². The average Bonchev–Trinajstić information content (AvgIpc) is 3.54. The van der Waals surface area contributed by atoms with Gasteiger partial charge in [0.2, 0.25) is 0 Å². The fourth-order valence-electron chi connectivity index (χ4n) is 9.05. The van der Waals surface area contributed by atoms with Crippen molar-refractivity contribution in [2.75, 3.05) is 37.7 Å². The number of hydrogen-bond acceptors (Lipinski definition) is 5. The summed E-state index contributed by atoms with van der Waals surface area (Å²) in [7, 11) is -2.76. The summed E-state index contributed by atoms with van der Waals surface area (Å²) in [4.78, 5) is 22.5. The lowest BCUT2D eigenvalue weighted by Crippen LogP contribution is -2.67. The fraction of sp³-hybridized carbons (Fsp3) is 0.373. The maximum Gasteiger partial charge on any atom is 0.410 e. The number of nitrogens with zero attached hydrogens (tertiary/aromatic N) is 4. The maximum absolute atomic E-state index is 13.1. The Morgan fingerprint density at radius 1 is 0.817 bits per heavy atom. The van der Waals surface area contributed by atoms with E-state index in [1.807, 2.05) is 41.4 Å².